The van der Waals surface area contributed by atoms with Gasteiger partial charge in [0.25, 0.3) is 0 Å². The third kappa shape index (κ3) is 9.72. The van der Waals surface area contributed by atoms with Crippen LogP contribution in [0.3, 0.4) is 0 Å². The number of hydrogen-bond donors (Lipinski definition) is 1. The Morgan fingerprint density at radius 3 is 2.23 bits per heavy atom. The van der Waals surface area contributed by atoms with Crippen LogP contribution in [0.5, 0.6) is 0 Å². The average Bonchev–Trinajstić information content (AvgIpc) is 2.79. The van der Waals surface area contributed by atoms with Crippen LogP contribution in [-0.2, 0) is 9.59 Å². The maximum Gasteiger partial charge on any atom is 0.222 e. The molecule has 0 radical (unpaired) electrons. The normalized spacial score (nSPS) is 14.5. The Bertz CT molecular complexity index is 624. The molecule has 6 nitrogen and oxygen atoms in total. The van der Waals surface area contributed by atoms with Gasteiger partial charge in [0.2, 0.25) is 11.8 Å². The Balaban J connectivity index is 1.48. The van der Waals surface area contributed by atoms with Gasteiger partial charge in [-0.05, 0) is 50.8 Å². The van der Waals surface area contributed by atoms with Crippen molar-refractivity contribution in [3.63, 3.8) is 0 Å². The molecule has 2 amide bonds. The fourth-order valence-corrected chi connectivity index (χ4v) is 4.10. The van der Waals surface area contributed by atoms with Gasteiger partial charge in [0.15, 0.2) is 0 Å². The molecule has 1 aromatic rings. The molecular formula is C25H42N4O2. The van der Waals surface area contributed by atoms with Crippen LogP contribution in [0.25, 0.3) is 0 Å². The molecule has 0 spiro atoms. The Labute approximate surface area is 189 Å². The van der Waals surface area contributed by atoms with Gasteiger partial charge in [-0.3, -0.25) is 14.5 Å². The van der Waals surface area contributed by atoms with Crippen molar-refractivity contribution < 1.29 is 9.59 Å². The highest BCUT2D eigenvalue weighted by Gasteiger charge is 2.16. The second-order valence-corrected chi connectivity index (χ2v) is 8.46. The molecule has 0 saturated carbocycles. The zero-order chi connectivity index (χ0) is 22.3. The molecule has 0 aliphatic carbocycles. The molecule has 0 aromatic heterocycles. The van der Waals surface area contributed by atoms with Crippen LogP contribution >= 0.6 is 0 Å². The van der Waals surface area contributed by atoms with Crippen LogP contribution in [0.1, 0.15) is 58.8 Å². The third-order valence-electron chi connectivity index (χ3n) is 5.85. The summed E-state index contributed by atoms with van der Waals surface area (Å²) < 4.78 is 0. The van der Waals surface area contributed by atoms with Gasteiger partial charge in [0.05, 0.1) is 0 Å². The van der Waals surface area contributed by atoms with Gasteiger partial charge < -0.3 is 15.1 Å². The van der Waals surface area contributed by atoms with E-state index in [1.807, 2.05) is 4.90 Å². The Morgan fingerprint density at radius 1 is 0.903 bits per heavy atom. The molecule has 1 fully saturated rings. The first kappa shape index (κ1) is 25.2. The topological polar surface area (TPSA) is 55.9 Å². The van der Waals surface area contributed by atoms with Crippen molar-refractivity contribution >= 4 is 17.5 Å². The van der Waals surface area contributed by atoms with Crippen molar-refractivity contribution in [3.05, 3.63) is 30.3 Å². The van der Waals surface area contributed by atoms with Crippen molar-refractivity contribution in [2.75, 3.05) is 57.3 Å². The molecule has 1 saturated heterocycles. The van der Waals surface area contributed by atoms with Crippen molar-refractivity contribution in [2.24, 2.45) is 0 Å². The first-order valence-electron chi connectivity index (χ1n) is 12.2. The number of piperazine rings is 1. The fraction of sp³-hybridized carbons (Fsp3) is 0.680. The molecule has 2 rings (SSSR count). The lowest BCUT2D eigenvalue weighted by Gasteiger charge is -2.36. The van der Waals surface area contributed by atoms with E-state index in [2.05, 4.69) is 59.3 Å². The van der Waals surface area contributed by atoms with Gasteiger partial charge >= 0.3 is 0 Å². The minimum Gasteiger partial charge on any atom is -0.369 e. The van der Waals surface area contributed by atoms with E-state index in [9.17, 15) is 9.59 Å². The highest BCUT2D eigenvalue weighted by molar-refractivity contribution is 5.78. The van der Waals surface area contributed by atoms with E-state index in [1.54, 1.807) is 0 Å². The zero-order valence-corrected chi connectivity index (χ0v) is 19.7. The molecule has 174 valence electrons. The molecule has 6 heteroatoms. The van der Waals surface area contributed by atoms with E-state index in [1.165, 1.54) is 5.69 Å². The van der Waals surface area contributed by atoms with Gasteiger partial charge in [-0.2, -0.15) is 0 Å². The molecule has 1 aliphatic heterocycles. The maximum atomic E-state index is 12.2. The number of hydrogen-bond acceptors (Lipinski definition) is 4. The number of rotatable bonds is 14. The Morgan fingerprint density at radius 2 is 1.58 bits per heavy atom. The van der Waals surface area contributed by atoms with Crippen LogP contribution in [0, 0.1) is 0 Å². The van der Waals surface area contributed by atoms with E-state index in [-0.39, 0.29) is 11.8 Å². The average molecular weight is 431 g/mol. The largest absolute Gasteiger partial charge is 0.369 e. The first-order chi connectivity index (χ1) is 15.1. The number of benzene rings is 1. The highest BCUT2D eigenvalue weighted by Crippen LogP contribution is 2.15. The number of amides is 2. The Hall–Kier alpha value is -2.08. The van der Waals surface area contributed by atoms with Crippen LogP contribution in [-0.4, -0.2) is 74.0 Å². The second-order valence-electron chi connectivity index (χ2n) is 8.46. The fourth-order valence-electron chi connectivity index (χ4n) is 4.10. The number of unbranched alkanes of at least 4 members (excludes halogenated alkanes) is 1. The molecule has 0 unspecified atom stereocenters. The summed E-state index contributed by atoms with van der Waals surface area (Å²) in [6.07, 6.45) is 5.63. The number of carbonyl (C=O) groups excluding carboxylic acids is 2. The maximum absolute atomic E-state index is 12.2. The molecule has 1 aliphatic rings. The van der Waals surface area contributed by atoms with Gasteiger partial charge in [0.1, 0.15) is 0 Å². The van der Waals surface area contributed by atoms with Crippen LogP contribution < -0.4 is 10.2 Å². The predicted molar refractivity (Wildman–Crippen MR) is 128 cm³/mol. The van der Waals surface area contributed by atoms with E-state index < -0.39 is 0 Å². The van der Waals surface area contributed by atoms with Gasteiger partial charge in [-0.1, -0.05) is 32.0 Å². The summed E-state index contributed by atoms with van der Waals surface area (Å²) in [7, 11) is 0. The lowest BCUT2D eigenvalue weighted by molar-refractivity contribution is -0.131. The van der Waals surface area contributed by atoms with Crippen LogP contribution in [0.15, 0.2) is 30.3 Å². The molecule has 0 bridgehead atoms. The Kier molecular flexibility index (Phi) is 12.1. The minimum atomic E-state index is 0.0711. The van der Waals surface area contributed by atoms with Gasteiger partial charge in [-0.15, -0.1) is 0 Å². The monoisotopic (exact) mass is 430 g/mol. The SMILES string of the molecule is CCCN(CCC)C(=O)CCCC(=O)NCCCCN1CCN(c2ccccc2)CC1. The van der Waals surface area contributed by atoms with Crippen molar-refractivity contribution in [1.29, 1.82) is 0 Å². The van der Waals surface area contributed by atoms with Gasteiger partial charge in [-0.25, -0.2) is 0 Å². The molecule has 1 heterocycles. The van der Waals surface area contributed by atoms with E-state index in [4.69, 9.17) is 0 Å². The number of nitrogens with one attached hydrogen (secondary N) is 1. The number of anilines is 1. The van der Waals surface area contributed by atoms with E-state index in [0.717, 1.165) is 78.0 Å². The zero-order valence-electron chi connectivity index (χ0n) is 19.7. The van der Waals surface area contributed by atoms with E-state index in [0.29, 0.717) is 19.3 Å². The van der Waals surface area contributed by atoms with Crippen LogP contribution in [0.2, 0.25) is 0 Å². The third-order valence-corrected chi connectivity index (χ3v) is 5.85. The standard InChI is InChI=1S/C25H42N4O2/c1-3-16-29(17-4-2)25(31)14-10-13-24(30)26-15-8-9-18-27-19-21-28(22-20-27)23-11-6-5-7-12-23/h5-7,11-12H,3-4,8-10,13-22H2,1-2H3,(H,26,30). The van der Waals surface area contributed by atoms with Crippen LogP contribution in [0.4, 0.5) is 5.69 Å². The number of nitrogens with zero attached hydrogens (tertiary/aromatic N) is 3. The lowest BCUT2D eigenvalue weighted by Crippen LogP contribution is -2.46. The number of carbonyl (C=O) groups is 2. The van der Waals surface area contributed by atoms with Crippen molar-refractivity contribution in [1.82, 2.24) is 15.1 Å². The predicted octanol–water partition coefficient (Wildman–Crippen LogP) is 3.52. The molecule has 31 heavy (non-hydrogen) atoms. The highest BCUT2D eigenvalue weighted by atomic mass is 16.2. The summed E-state index contributed by atoms with van der Waals surface area (Å²) in [5, 5.41) is 3.01. The first-order valence-corrected chi connectivity index (χ1v) is 12.2. The summed E-state index contributed by atoms with van der Waals surface area (Å²) in [5.41, 5.74) is 1.31. The summed E-state index contributed by atoms with van der Waals surface area (Å²) in [6, 6.07) is 10.6. The molecule has 0 atom stereocenters. The second kappa shape index (κ2) is 14.8. The summed E-state index contributed by atoms with van der Waals surface area (Å²) in [4.78, 5) is 31.2. The molecule has 1 N–H and O–H groups in total. The summed E-state index contributed by atoms with van der Waals surface area (Å²) in [5.74, 6) is 0.255. The molecule has 1 aromatic carbocycles. The summed E-state index contributed by atoms with van der Waals surface area (Å²) >= 11 is 0. The lowest BCUT2D eigenvalue weighted by atomic mass is 10.2. The van der Waals surface area contributed by atoms with E-state index >= 15 is 0 Å². The van der Waals surface area contributed by atoms with Crippen molar-refractivity contribution in [2.45, 2.75) is 58.8 Å². The quantitative estimate of drug-likeness (QED) is 0.459. The molecular weight excluding hydrogens is 388 g/mol. The van der Waals surface area contributed by atoms with Gasteiger partial charge in [0, 0.05) is 64.3 Å². The summed E-state index contributed by atoms with van der Waals surface area (Å²) in [6.45, 7) is 12.0. The number of para-hydroxylation sites is 1. The smallest absolute Gasteiger partial charge is 0.222 e. The van der Waals surface area contributed by atoms with Crippen molar-refractivity contribution in [3.8, 4) is 0 Å². The minimum absolute atomic E-state index is 0.0711.